The third kappa shape index (κ3) is 5.18. The quantitative estimate of drug-likeness (QED) is 0.580. The summed E-state index contributed by atoms with van der Waals surface area (Å²) in [5, 5.41) is 4.12. The fourth-order valence-electron chi connectivity index (χ4n) is 4.03. The number of fused-ring (bicyclic) bond motifs is 1. The molecule has 1 N–H and O–H groups in total. The SMILES string of the molecule is CC(=O)N1CCN(c2ccc3nc(C)n(CC(=O)NCc4ccc(Cl)c(Cl)c4)c(=O)c3c2)CC1. The summed E-state index contributed by atoms with van der Waals surface area (Å²) in [6, 6.07) is 10.7. The van der Waals surface area contributed by atoms with Gasteiger partial charge in [0.2, 0.25) is 11.8 Å². The standard InChI is InChI=1S/C24H25Cl2N5O3/c1-15-28-22-6-4-18(30-9-7-29(8-10-30)16(2)32)12-19(22)24(34)31(15)14-23(33)27-13-17-3-5-20(25)21(26)11-17/h3-6,11-12H,7-10,13-14H2,1-2H3,(H,27,33). The van der Waals surface area contributed by atoms with Crippen LogP contribution in [0, 0.1) is 6.92 Å². The van der Waals surface area contributed by atoms with Gasteiger partial charge in [0.25, 0.3) is 5.56 Å². The lowest BCUT2D eigenvalue weighted by Gasteiger charge is -2.35. The molecule has 2 amide bonds. The van der Waals surface area contributed by atoms with Crippen molar-refractivity contribution in [3.63, 3.8) is 0 Å². The van der Waals surface area contributed by atoms with Crippen LogP contribution in [0.5, 0.6) is 0 Å². The minimum absolute atomic E-state index is 0.0677. The first-order valence-corrected chi connectivity index (χ1v) is 11.7. The number of hydrogen-bond donors (Lipinski definition) is 1. The van der Waals surface area contributed by atoms with Gasteiger partial charge in [0.15, 0.2) is 0 Å². The molecule has 2 heterocycles. The molecule has 0 atom stereocenters. The zero-order chi connectivity index (χ0) is 24.4. The van der Waals surface area contributed by atoms with Crippen molar-refractivity contribution in [2.24, 2.45) is 0 Å². The first-order chi connectivity index (χ1) is 16.2. The van der Waals surface area contributed by atoms with E-state index in [9.17, 15) is 14.4 Å². The van der Waals surface area contributed by atoms with Crippen LogP contribution in [0.4, 0.5) is 5.69 Å². The van der Waals surface area contributed by atoms with Crippen molar-refractivity contribution < 1.29 is 9.59 Å². The molecule has 0 bridgehead atoms. The lowest BCUT2D eigenvalue weighted by Crippen LogP contribution is -2.48. The van der Waals surface area contributed by atoms with Crippen molar-refractivity contribution in [2.75, 3.05) is 31.1 Å². The number of piperazine rings is 1. The molecule has 4 rings (SSSR count). The number of halogens is 2. The maximum Gasteiger partial charge on any atom is 0.261 e. The molecule has 1 saturated heterocycles. The van der Waals surface area contributed by atoms with Gasteiger partial charge >= 0.3 is 0 Å². The van der Waals surface area contributed by atoms with Gasteiger partial charge in [0.05, 0.1) is 20.9 Å². The fourth-order valence-corrected chi connectivity index (χ4v) is 4.35. The Morgan fingerprint density at radius 2 is 1.76 bits per heavy atom. The predicted molar refractivity (Wildman–Crippen MR) is 134 cm³/mol. The molecule has 0 radical (unpaired) electrons. The van der Waals surface area contributed by atoms with E-state index in [1.165, 1.54) is 4.57 Å². The van der Waals surface area contributed by atoms with Crippen LogP contribution in [0.25, 0.3) is 10.9 Å². The van der Waals surface area contributed by atoms with Gasteiger partial charge in [-0.05, 0) is 42.8 Å². The molecular weight excluding hydrogens is 477 g/mol. The molecule has 10 heteroatoms. The van der Waals surface area contributed by atoms with Gasteiger partial charge in [-0.3, -0.25) is 19.0 Å². The van der Waals surface area contributed by atoms with Crippen molar-refractivity contribution in [1.82, 2.24) is 19.8 Å². The summed E-state index contributed by atoms with van der Waals surface area (Å²) >= 11 is 12.0. The Bertz CT molecular complexity index is 1320. The Morgan fingerprint density at radius 1 is 1.03 bits per heavy atom. The second-order valence-electron chi connectivity index (χ2n) is 8.27. The lowest BCUT2D eigenvalue weighted by atomic mass is 10.2. The zero-order valence-electron chi connectivity index (χ0n) is 19.0. The van der Waals surface area contributed by atoms with Crippen LogP contribution in [-0.2, 0) is 22.7 Å². The van der Waals surface area contributed by atoms with Gasteiger partial charge in [-0.25, -0.2) is 4.98 Å². The normalized spacial score (nSPS) is 13.9. The highest BCUT2D eigenvalue weighted by Crippen LogP contribution is 2.23. The van der Waals surface area contributed by atoms with E-state index >= 15 is 0 Å². The maximum absolute atomic E-state index is 13.3. The zero-order valence-corrected chi connectivity index (χ0v) is 20.5. The van der Waals surface area contributed by atoms with E-state index in [1.54, 1.807) is 32.0 Å². The molecular formula is C24H25Cl2N5O3. The summed E-state index contributed by atoms with van der Waals surface area (Å²) in [7, 11) is 0. The number of amides is 2. The monoisotopic (exact) mass is 501 g/mol. The Labute approximate surface area is 207 Å². The van der Waals surface area contributed by atoms with Crippen LogP contribution in [0.1, 0.15) is 18.3 Å². The predicted octanol–water partition coefficient (Wildman–Crippen LogP) is 3.00. The van der Waals surface area contributed by atoms with Crippen LogP contribution in [0.3, 0.4) is 0 Å². The van der Waals surface area contributed by atoms with Crippen LogP contribution in [-0.4, -0.2) is 52.4 Å². The Hall–Kier alpha value is -3.10. The second kappa shape index (κ2) is 10.0. The van der Waals surface area contributed by atoms with Gasteiger partial charge in [-0.1, -0.05) is 29.3 Å². The Balaban J connectivity index is 1.51. The average molecular weight is 502 g/mol. The molecule has 1 aliphatic rings. The van der Waals surface area contributed by atoms with Crippen molar-refractivity contribution in [2.45, 2.75) is 26.9 Å². The number of aromatic nitrogens is 2. The number of aryl methyl sites for hydroxylation is 1. The first kappa shape index (κ1) is 24.0. The number of rotatable bonds is 5. The van der Waals surface area contributed by atoms with Crippen molar-refractivity contribution >= 4 is 51.6 Å². The highest BCUT2D eigenvalue weighted by atomic mass is 35.5. The molecule has 34 heavy (non-hydrogen) atoms. The third-order valence-electron chi connectivity index (χ3n) is 5.99. The Morgan fingerprint density at radius 3 is 2.44 bits per heavy atom. The summed E-state index contributed by atoms with van der Waals surface area (Å²) in [4.78, 5) is 45.9. The molecule has 8 nitrogen and oxygen atoms in total. The van der Waals surface area contributed by atoms with Crippen molar-refractivity contribution in [1.29, 1.82) is 0 Å². The minimum atomic E-state index is -0.311. The van der Waals surface area contributed by atoms with E-state index in [0.29, 0.717) is 53.0 Å². The van der Waals surface area contributed by atoms with Crippen LogP contribution < -0.4 is 15.8 Å². The number of carbonyl (C=O) groups excluding carboxylic acids is 2. The molecule has 1 aromatic heterocycles. The van der Waals surface area contributed by atoms with E-state index in [-0.39, 0.29) is 30.5 Å². The number of carbonyl (C=O) groups is 2. The number of anilines is 1. The van der Waals surface area contributed by atoms with Gasteiger partial charge < -0.3 is 15.1 Å². The maximum atomic E-state index is 13.3. The van der Waals surface area contributed by atoms with Crippen LogP contribution in [0.2, 0.25) is 10.0 Å². The van der Waals surface area contributed by atoms with Crippen molar-refractivity contribution in [3.8, 4) is 0 Å². The number of benzene rings is 2. The van der Waals surface area contributed by atoms with E-state index < -0.39 is 0 Å². The van der Waals surface area contributed by atoms with E-state index in [0.717, 1.165) is 11.3 Å². The van der Waals surface area contributed by atoms with E-state index in [2.05, 4.69) is 15.2 Å². The molecule has 178 valence electrons. The summed E-state index contributed by atoms with van der Waals surface area (Å²) < 4.78 is 1.38. The highest BCUT2D eigenvalue weighted by Gasteiger charge is 2.20. The summed E-state index contributed by atoms with van der Waals surface area (Å²) in [6.45, 7) is 6.07. The summed E-state index contributed by atoms with van der Waals surface area (Å²) in [5.74, 6) is 0.220. The smallest absolute Gasteiger partial charge is 0.261 e. The van der Waals surface area contributed by atoms with E-state index in [1.807, 2.05) is 23.1 Å². The van der Waals surface area contributed by atoms with Gasteiger partial charge in [0, 0.05) is 45.3 Å². The van der Waals surface area contributed by atoms with Gasteiger partial charge in [-0.15, -0.1) is 0 Å². The molecule has 2 aromatic carbocycles. The summed E-state index contributed by atoms with van der Waals surface area (Å²) in [5.41, 5.74) is 2.02. The molecule has 0 unspecified atom stereocenters. The largest absolute Gasteiger partial charge is 0.368 e. The third-order valence-corrected chi connectivity index (χ3v) is 6.73. The fraction of sp³-hybridized carbons (Fsp3) is 0.333. The molecule has 1 fully saturated rings. The lowest BCUT2D eigenvalue weighted by molar-refractivity contribution is -0.129. The average Bonchev–Trinajstić information content (AvgIpc) is 2.82. The van der Waals surface area contributed by atoms with Gasteiger partial charge in [-0.2, -0.15) is 0 Å². The number of hydrogen-bond acceptors (Lipinski definition) is 5. The Kier molecular flexibility index (Phi) is 7.09. The molecule has 1 aliphatic heterocycles. The number of nitrogens with one attached hydrogen (secondary N) is 1. The molecule has 0 spiro atoms. The topological polar surface area (TPSA) is 87.5 Å². The van der Waals surface area contributed by atoms with E-state index in [4.69, 9.17) is 23.2 Å². The van der Waals surface area contributed by atoms with Crippen molar-refractivity contribution in [3.05, 3.63) is 68.2 Å². The second-order valence-corrected chi connectivity index (χ2v) is 9.08. The molecule has 0 saturated carbocycles. The highest BCUT2D eigenvalue weighted by molar-refractivity contribution is 6.42. The van der Waals surface area contributed by atoms with Gasteiger partial charge in [0.1, 0.15) is 12.4 Å². The van der Waals surface area contributed by atoms with Crippen LogP contribution >= 0.6 is 23.2 Å². The summed E-state index contributed by atoms with van der Waals surface area (Å²) in [6.07, 6.45) is 0. The first-order valence-electron chi connectivity index (χ1n) is 10.9. The molecule has 0 aliphatic carbocycles. The van der Waals surface area contributed by atoms with Crippen LogP contribution in [0.15, 0.2) is 41.2 Å². The molecule has 3 aromatic rings. The minimum Gasteiger partial charge on any atom is -0.368 e. The number of nitrogens with zero attached hydrogens (tertiary/aromatic N) is 4.